The van der Waals surface area contributed by atoms with E-state index in [4.69, 9.17) is 4.74 Å². The first-order chi connectivity index (χ1) is 12.5. The molecule has 0 fully saturated rings. The van der Waals surface area contributed by atoms with Crippen LogP contribution in [-0.4, -0.2) is 30.6 Å². The van der Waals surface area contributed by atoms with Gasteiger partial charge in [-0.1, -0.05) is 24.3 Å². The highest BCUT2D eigenvalue weighted by Gasteiger charge is 2.12. The van der Waals surface area contributed by atoms with Gasteiger partial charge in [0.1, 0.15) is 5.75 Å². The Bertz CT molecular complexity index is 814. The van der Waals surface area contributed by atoms with Crippen LogP contribution in [0.2, 0.25) is 0 Å². The number of rotatable bonds is 6. The zero-order valence-corrected chi connectivity index (χ0v) is 13.9. The molecule has 8 nitrogen and oxygen atoms in total. The molecule has 0 aliphatic carbocycles. The maximum atomic E-state index is 11.8. The lowest BCUT2D eigenvalue weighted by Gasteiger charge is -2.06. The van der Waals surface area contributed by atoms with Crippen LogP contribution < -0.4 is 20.6 Å². The van der Waals surface area contributed by atoms with Gasteiger partial charge < -0.3 is 20.0 Å². The zero-order chi connectivity index (χ0) is 18.9. The topological polar surface area (TPSA) is 120 Å². The summed E-state index contributed by atoms with van der Waals surface area (Å²) in [7, 11) is 0. The lowest BCUT2D eigenvalue weighted by Crippen LogP contribution is -2.32. The molecular formula is C18H16N3O5-. The molecule has 0 spiro atoms. The van der Waals surface area contributed by atoms with E-state index in [1.807, 2.05) is 6.92 Å². The van der Waals surface area contributed by atoms with Gasteiger partial charge in [0, 0.05) is 5.69 Å². The minimum Gasteiger partial charge on any atom is -0.545 e. The number of carbonyl (C=O) groups is 3. The molecule has 0 aliphatic rings. The van der Waals surface area contributed by atoms with Crippen LogP contribution in [0.1, 0.15) is 22.8 Å². The van der Waals surface area contributed by atoms with Crippen LogP contribution in [-0.2, 0) is 9.59 Å². The molecule has 26 heavy (non-hydrogen) atoms. The van der Waals surface area contributed by atoms with Crippen LogP contribution in [0.15, 0.2) is 53.6 Å². The normalized spacial score (nSPS) is 10.3. The molecule has 2 aromatic rings. The van der Waals surface area contributed by atoms with Crippen LogP contribution >= 0.6 is 0 Å². The van der Waals surface area contributed by atoms with Crippen molar-refractivity contribution in [3.63, 3.8) is 0 Å². The van der Waals surface area contributed by atoms with E-state index in [9.17, 15) is 19.5 Å². The molecule has 0 saturated carbocycles. The highest BCUT2D eigenvalue weighted by atomic mass is 16.5. The number of hydrogen-bond acceptors (Lipinski definition) is 6. The number of hydrazone groups is 1. The van der Waals surface area contributed by atoms with Crippen LogP contribution in [0.4, 0.5) is 5.69 Å². The highest BCUT2D eigenvalue weighted by Crippen LogP contribution is 2.15. The van der Waals surface area contributed by atoms with E-state index in [0.717, 1.165) is 0 Å². The van der Waals surface area contributed by atoms with Gasteiger partial charge in [0.25, 0.3) is 0 Å². The van der Waals surface area contributed by atoms with Crippen LogP contribution in [0.5, 0.6) is 5.75 Å². The van der Waals surface area contributed by atoms with Gasteiger partial charge in [0.2, 0.25) is 0 Å². The fraction of sp³-hybridized carbons (Fsp3) is 0.111. The summed E-state index contributed by atoms with van der Waals surface area (Å²) in [5.41, 5.74) is 3.10. The molecule has 0 saturated heterocycles. The first-order valence-electron chi connectivity index (χ1n) is 7.68. The number of amides is 2. The van der Waals surface area contributed by atoms with E-state index in [0.29, 0.717) is 23.6 Å². The second-order valence-electron chi connectivity index (χ2n) is 5.02. The predicted octanol–water partition coefficient (Wildman–Crippen LogP) is 0.538. The summed E-state index contributed by atoms with van der Waals surface area (Å²) in [5.74, 6) is -2.45. The Morgan fingerprint density at radius 1 is 1.04 bits per heavy atom. The Morgan fingerprint density at radius 3 is 2.27 bits per heavy atom. The van der Waals surface area contributed by atoms with Crippen molar-refractivity contribution >= 4 is 29.7 Å². The van der Waals surface area contributed by atoms with E-state index in [1.54, 1.807) is 24.3 Å². The summed E-state index contributed by atoms with van der Waals surface area (Å²) in [5, 5.41) is 16.7. The number of hydrogen-bond donors (Lipinski definition) is 2. The second kappa shape index (κ2) is 8.97. The molecule has 0 aromatic heterocycles. The van der Waals surface area contributed by atoms with E-state index >= 15 is 0 Å². The first-order valence-corrected chi connectivity index (χ1v) is 7.68. The van der Waals surface area contributed by atoms with Crippen molar-refractivity contribution in [1.29, 1.82) is 0 Å². The molecule has 2 N–H and O–H groups in total. The van der Waals surface area contributed by atoms with Crippen molar-refractivity contribution in [2.24, 2.45) is 5.10 Å². The maximum absolute atomic E-state index is 11.8. The Hall–Kier alpha value is -3.68. The average molecular weight is 354 g/mol. The van der Waals surface area contributed by atoms with Gasteiger partial charge in [-0.2, -0.15) is 5.10 Å². The summed E-state index contributed by atoms with van der Waals surface area (Å²) in [6.45, 7) is 2.39. The first kappa shape index (κ1) is 18.7. The quantitative estimate of drug-likeness (QED) is 0.446. The molecule has 8 heteroatoms. The Kier molecular flexibility index (Phi) is 6.44. The summed E-state index contributed by atoms with van der Waals surface area (Å²) < 4.78 is 5.28. The number of benzene rings is 2. The van der Waals surface area contributed by atoms with E-state index in [-0.39, 0.29) is 5.56 Å². The number of carboxylic acid groups (broad SMARTS) is 1. The molecule has 2 rings (SSSR count). The van der Waals surface area contributed by atoms with Gasteiger partial charge in [-0.3, -0.25) is 9.59 Å². The summed E-state index contributed by atoms with van der Waals surface area (Å²) in [6.07, 6.45) is 1.28. The van der Waals surface area contributed by atoms with Gasteiger partial charge in [0.05, 0.1) is 18.8 Å². The number of carbonyl (C=O) groups excluding carboxylic acids is 3. The number of ether oxygens (including phenoxy) is 1. The summed E-state index contributed by atoms with van der Waals surface area (Å²) in [4.78, 5) is 34.1. The highest BCUT2D eigenvalue weighted by molar-refractivity contribution is 6.39. The van der Waals surface area contributed by atoms with Crippen LogP contribution in [0, 0.1) is 0 Å². The minimum absolute atomic E-state index is 0.0286. The number of anilines is 1. The number of carboxylic acids is 1. The Labute approximate surface area is 149 Å². The van der Waals surface area contributed by atoms with E-state index in [1.165, 1.54) is 30.5 Å². The Balaban J connectivity index is 1.86. The molecule has 2 aromatic carbocycles. The van der Waals surface area contributed by atoms with Gasteiger partial charge in [-0.25, -0.2) is 5.43 Å². The molecular weight excluding hydrogens is 338 g/mol. The minimum atomic E-state index is -1.28. The lowest BCUT2D eigenvalue weighted by atomic mass is 10.1. The molecule has 0 bridgehead atoms. The number of nitrogens with one attached hydrogen (secondary N) is 2. The SMILES string of the molecule is CCOc1ccc(NC(=O)C(=O)NN=Cc2ccc(C(=O)[O-])cc2)cc1. The summed E-state index contributed by atoms with van der Waals surface area (Å²) in [6, 6.07) is 12.2. The predicted molar refractivity (Wildman–Crippen MR) is 92.7 cm³/mol. The standard InChI is InChI=1S/C18H17N3O5/c1-2-26-15-9-7-14(8-10-15)20-16(22)17(23)21-19-11-12-3-5-13(6-4-12)18(24)25/h3-11H,2H2,1H3,(H,20,22)(H,21,23)(H,24,25)/p-1. The molecule has 134 valence electrons. The lowest BCUT2D eigenvalue weighted by molar-refractivity contribution is -0.255. The van der Waals surface area contributed by atoms with Crippen molar-refractivity contribution in [2.45, 2.75) is 6.92 Å². The van der Waals surface area contributed by atoms with Gasteiger partial charge in [-0.05, 0) is 42.3 Å². The van der Waals surface area contributed by atoms with Crippen LogP contribution in [0.3, 0.4) is 0 Å². The largest absolute Gasteiger partial charge is 0.545 e. The van der Waals surface area contributed by atoms with Crippen molar-refractivity contribution in [2.75, 3.05) is 11.9 Å². The van der Waals surface area contributed by atoms with Crippen molar-refractivity contribution in [1.82, 2.24) is 5.43 Å². The van der Waals surface area contributed by atoms with Gasteiger partial charge in [-0.15, -0.1) is 0 Å². The molecule has 0 aliphatic heterocycles. The molecule has 0 atom stereocenters. The molecule has 0 radical (unpaired) electrons. The Morgan fingerprint density at radius 2 is 1.69 bits per heavy atom. The monoisotopic (exact) mass is 354 g/mol. The average Bonchev–Trinajstić information content (AvgIpc) is 2.64. The van der Waals surface area contributed by atoms with Gasteiger partial charge in [0.15, 0.2) is 0 Å². The molecule has 0 heterocycles. The maximum Gasteiger partial charge on any atom is 0.329 e. The van der Waals surface area contributed by atoms with Gasteiger partial charge >= 0.3 is 11.8 Å². The fourth-order valence-corrected chi connectivity index (χ4v) is 1.91. The van der Waals surface area contributed by atoms with Crippen molar-refractivity contribution in [3.05, 3.63) is 59.7 Å². The molecule has 2 amide bonds. The van der Waals surface area contributed by atoms with E-state index in [2.05, 4.69) is 15.8 Å². The van der Waals surface area contributed by atoms with Crippen molar-refractivity contribution in [3.8, 4) is 5.75 Å². The van der Waals surface area contributed by atoms with Crippen LogP contribution in [0.25, 0.3) is 0 Å². The third kappa shape index (κ3) is 5.45. The number of nitrogens with zero attached hydrogens (tertiary/aromatic N) is 1. The zero-order valence-electron chi connectivity index (χ0n) is 13.9. The summed E-state index contributed by atoms with van der Waals surface area (Å²) >= 11 is 0. The number of aromatic carboxylic acids is 1. The van der Waals surface area contributed by atoms with E-state index < -0.39 is 17.8 Å². The fourth-order valence-electron chi connectivity index (χ4n) is 1.91. The molecule has 0 unspecified atom stereocenters. The third-order valence-corrected chi connectivity index (χ3v) is 3.16. The smallest absolute Gasteiger partial charge is 0.329 e. The third-order valence-electron chi connectivity index (χ3n) is 3.16. The van der Waals surface area contributed by atoms with Crippen molar-refractivity contribution < 1.29 is 24.2 Å². The second-order valence-corrected chi connectivity index (χ2v) is 5.02.